The second kappa shape index (κ2) is 23.6. The smallest absolute Gasteiger partial charge is 0.330 e. The molecule has 3 rings (SSSR count). The molecule has 0 heterocycles. The highest BCUT2D eigenvalue weighted by Crippen LogP contribution is 2.25. The maximum atomic E-state index is 11.0. The summed E-state index contributed by atoms with van der Waals surface area (Å²) in [7, 11) is 0. The molecule has 0 saturated heterocycles. The number of carbonyl (C=O) groups excluding carboxylic acids is 2. The van der Waals surface area contributed by atoms with E-state index in [0.717, 1.165) is 111 Å². The van der Waals surface area contributed by atoms with E-state index < -0.39 is 0 Å². The SMILES string of the molecule is C=CC(=O)OCCCCCCCCOc1ccc(C=Nc2ccc(-c3ccc(OCCCCCCCCOC(=O)C=C)cc3)cc2)cc1. The zero-order valence-electron chi connectivity index (χ0n) is 28.3. The van der Waals surface area contributed by atoms with Crippen LogP contribution in [0.15, 0.2) is 103 Å². The van der Waals surface area contributed by atoms with Crippen molar-refractivity contribution >= 4 is 23.8 Å². The van der Waals surface area contributed by atoms with E-state index in [1.807, 2.05) is 54.7 Å². The van der Waals surface area contributed by atoms with Gasteiger partial charge in [0, 0.05) is 18.4 Å². The number of nitrogens with zero attached hydrogens (tertiary/aromatic N) is 1. The molecule has 3 aromatic rings. The fourth-order valence-corrected chi connectivity index (χ4v) is 4.95. The van der Waals surface area contributed by atoms with Crippen LogP contribution < -0.4 is 9.47 Å². The summed E-state index contributed by atoms with van der Waals surface area (Å²) < 4.78 is 21.8. The van der Waals surface area contributed by atoms with Crippen LogP contribution in [-0.4, -0.2) is 44.6 Å². The lowest BCUT2D eigenvalue weighted by atomic mass is 10.1. The van der Waals surface area contributed by atoms with Gasteiger partial charge in [0.1, 0.15) is 11.5 Å². The van der Waals surface area contributed by atoms with Crippen molar-refractivity contribution in [2.24, 2.45) is 4.99 Å². The van der Waals surface area contributed by atoms with Crippen molar-refractivity contribution in [3.63, 3.8) is 0 Å². The van der Waals surface area contributed by atoms with Gasteiger partial charge in [0.25, 0.3) is 0 Å². The van der Waals surface area contributed by atoms with Crippen LogP contribution in [0, 0.1) is 0 Å². The van der Waals surface area contributed by atoms with Gasteiger partial charge in [-0.2, -0.15) is 0 Å². The summed E-state index contributed by atoms with van der Waals surface area (Å²) in [6.45, 7) is 9.14. The predicted molar refractivity (Wildman–Crippen MR) is 194 cm³/mol. The van der Waals surface area contributed by atoms with Gasteiger partial charge in [-0.1, -0.05) is 88.8 Å². The first-order valence-electron chi connectivity index (χ1n) is 17.3. The molecular weight excluding hydrogens is 602 g/mol. The van der Waals surface area contributed by atoms with Crippen LogP contribution in [0.1, 0.15) is 82.6 Å². The highest BCUT2D eigenvalue weighted by molar-refractivity contribution is 5.82. The number of rotatable bonds is 25. The molecule has 256 valence electrons. The molecule has 0 fully saturated rings. The van der Waals surface area contributed by atoms with Crippen molar-refractivity contribution in [2.75, 3.05) is 26.4 Å². The van der Waals surface area contributed by atoms with Crippen molar-refractivity contribution in [1.82, 2.24) is 0 Å². The minimum atomic E-state index is -0.349. The zero-order chi connectivity index (χ0) is 34.1. The molecule has 0 amide bonds. The molecule has 0 aliphatic rings. The average Bonchev–Trinajstić information content (AvgIpc) is 3.13. The van der Waals surface area contributed by atoms with Gasteiger partial charge in [-0.15, -0.1) is 0 Å². The molecule has 3 aromatic carbocycles. The number of unbranched alkanes of at least 4 members (excludes halogenated alkanes) is 10. The Balaban J connectivity index is 1.26. The third-order valence-corrected chi connectivity index (χ3v) is 7.73. The fraction of sp³-hybridized carbons (Fsp3) is 0.390. The topological polar surface area (TPSA) is 83.4 Å². The lowest BCUT2D eigenvalue weighted by molar-refractivity contribution is -0.138. The Morgan fingerprint density at radius 3 is 1.31 bits per heavy atom. The largest absolute Gasteiger partial charge is 0.494 e. The van der Waals surface area contributed by atoms with Gasteiger partial charge in [0.2, 0.25) is 0 Å². The molecule has 0 aromatic heterocycles. The summed E-state index contributed by atoms with van der Waals surface area (Å²) >= 11 is 0. The molecule has 0 spiro atoms. The van der Waals surface area contributed by atoms with Gasteiger partial charge in [0.05, 0.1) is 32.1 Å². The highest BCUT2D eigenvalue weighted by atomic mass is 16.5. The van der Waals surface area contributed by atoms with Gasteiger partial charge >= 0.3 is 11.9 Å². The number of hydrogen-bond donors (Lipinski definition) is 0. The maximum Gasteiger partial charge on any atom is 0.330 e. The van der Waals surface area contributed by atoms with Crippen LogP contribution in [0.3, 0.4) is 0 Å². The monoisotopic (exact) mass is 653 g/mol. The van der Waals surface area contributed by atoms with E-state index in [2.05, 4.69) is 42.4 Å². The van der Waals surface area contributed by atoms with E-state index in [9.17, 15) is 9.59 Å². The zero-order valence-corrected chi connectivity index (χ0v) is 28.3. The molecule has 0 aliphatic carbocycles. The van der Waals surface area contributed by atoms with E-state index in [1.54, 1.807) is 0 Å². The molecule has 0 aliphatic heterocycles. The Morgan fingerprint density at radius 1 is 0.500 bits per heavy atom. The van der Waals surface area contributed by atoms with Crippen molar-refractivity contribution in [3.05, 3.63) is 104 Å². The van der Waals surface area contributed by atoms with Crippen LogP contribution >= 0.6 is 0 Å². The Hall–Kier alpha value is -4.65. The molecule has 0 bridgehead atoms. The standard InChI is InChI=1S/C41H51NO6/c1-3-40(43)47-31-15-11-7-5-9-13-29-45-38-25-17-34(18-26-38)33-42-37-23-19-35(20-24-37)36-21-27-39(28-22-36)46-30-14-10-6-8-12-16-32-48-41(44)4-2/h3-4,17-28,33H,1-2,5-16,29-32H2. The molecule has 0 saturated carbocycles. The minimum absolute atomic E-state index is 0.348. The predicted octanol–water partition coefficient (Wildman–Crippen LogP) is 10.0. The quantitative estimate of drug-likeness (QED) is 0.0392. The first-order chi connectivity index (χ1) is 23.6. The fourth-order valence-electron chi connectivity index (χ4n) is 4.95. The molecule has 7 nitrogen and oxygen atoms in total. The highest BCUT2D eigenvalue weighted by Gasteiger charge is 2.02. The van der Waals surface area contributed by atoms with Gasteiger partial charge in [-0.3, -0.25) is 4.99 Å². The van der Waals surface area contributed by atoms with E-state index in [4.69, 9.17) is 18.9 Å². The maximum absolute atomic E-state index is 11.0. The number of aliphatic imine (C=N–C) groups is 1. The molecule has 0 N–H and O–H groups in total. The second-order valence-corrected chi connectivity index (χ2v) is 11.6. The van der Waals surface area contributed by atoms with Crippen LogP contribution in [0.2, 0.25) is 0 Å². The number of esters is 2. The number of carbonyl (C=O) groups is 2. The van der Waals surface area contributed by atoms with Gasteiger partial charge < -0.3 is 18.9 Å². The first kappa shape index (κ1) is 37.8. The Kier molecular flexibility index (Phi) is 18.6. The van der Waals surface area contributed by atoms with Crippen LogP contribution in [0.25, 0.3) is 11.1 Å². The van der Waals surface area contributed by atoms with E-state index >= 15 is 0 Å². The van der Waals surface area contributed by atoms with E-state index in [1.165, 1.54) is 12.2 Å². The number of benzene rings is 3. The Morgan fingerprint density at radius 2 is 0.875 bits per heavy atom. The second-order valence-electron chi connectivity index (χ2n) is 11.6. The Labute approximate surface area is 286 Å². The van der Waals surface area contributed by atoms with Crippen LogP contribution in [0.4, 0.5) is 5.69 Å². The van der Waals surface area contributed by atoms with Gasteiger partial charge in [0.15, 0.2) is 0 Å². The summed E-state index contributed by atoms with van der Waals surface area (Å²) in [6, 6.07) is 24.5. The summed E-state index contributed by atoms with van der Waals surface area (Å²) in [5.41, 5.74) is 4.18. The summed E-state index contributed by atoms with van der Waals surface area (Å²) in [6.07, 6.45) is 17.1. The number of hydrogen-bond acceptors (Lipinski definition) is 7. The molecule has 0 radical (unpaired) electrons. The van der Waals surface area contributed by atoms with E-state index in [-0.39, 0.29) is 11.9 Å². The normalized spacial score (nSPS) is 10.8. The van der Waals surface area contributed by atoms with Crippen LogP contribution in [-0.2, 0) is 19.1 Å². The molecule has 0 unspecified atom stereocenters. The van der Waals surface area contributed by atoms with Crippen molar-refractivity contribution in [1.29, 1.82) is 0 Å². The molecule has 7 heteroatoms. The summed E-state index contributed by atoms with van der Waals surface area (Å²) in [5, 5.41) is 0. The molecule has 48 heavy (non-hydrogen) atoms. The van der Waals surface area contributed by atoms with Gasteiger partial charge in [-0.25, -0.2) is 9.59 Å². The van der Waals surface area contributed by atoms with Crippen molar-refractivity contribution < 1.29 is 28.5 Å². The first-order valence-corrected chi connectivity index (χ1v) is 17.3. The van der Waals surface area contributed by atoms with Crippen molar-refractivity contribution in [2.45, 2.75) is 77.0 Å². The lowest BCUT2D eigenvalue weighted by Crippen LogP contribution is -2.01. The van der Waals surface area contributed by atoms with Crippen molar-refractivity contribution in [3.8, 4) is 22.6 Å². The van der Waals surface area contributed by atoms with Crippen LogP contribution in [0.5, 0.6) is 11.5 Å². The minimum Gasteiger partial charge on any atom is -0.494 e. The third kappa shape index (κ3) is 16.3. The Bertz CT molecular complexity index is 1380. The molecule has 0 atom stereocenters. The summed E-state index contributed by atoms with van der Waals surface area (Å²) in [5.74, 6) is 1.05. The van der Waals surface area contributed by atoms with E-state index in [0.29, 0.717) is 26.4 Å². The third-order valence-electron chi connectivity index (χ3n) is 7.73. The molecular formula is C41H51NO6. The lowest BCUT2D eigenvalue weighted by Gasteiger charge is -2.08. The average molecular weight is 654 g/mol. The van der Waals surface area contributed by atoms with Gasteiger partial charge in [-0.05, 0) is 90.9 Å². The number of ether oxygens (including phenoxy) is 4. The summed E-state index contributed by atoms with van der Waals surface area (Å²) in [4.78, 5) is 26.6.